The van der Waals surface area contributed by atoms with E-state index in [1.165, 1.54) is 12.1 Å². The number of nitrogens with one attached hydrogen (secondary N) is 1. The monoisotopic (exact) mass is 268 g/mol. The van der Waals surface area contributed by atoms with Crippen LogP contribution in [0.25, 0.3) is 0 Å². The predicted octanol–water partition coefficient (Wildman–Crippen LogP) is 3.53. The van der Waals surface area contributed by atoms with E-state index in [2.05, 4.69) is 11.4 Å². The third-order valence-electron chi connectivity index (χ3n) is 3.30. The first-order valence-corrected chi connectivity index (χ1v) is 6.63. The van der Waals surface area contributed by atoms with Crippen molar-refractivity contribution in [1.82, 2.24) is 5.32 Å². The van der Waals surface area contributed by atoms with Crippen LogP contribution in [0.3, 0.4) is 0 Å². The van der Waals surface area contributed by atoms with Gasteiger partial charge in [0, 0.05) is 6.54 Å². The number of benzene rings is 2. The zero-order valence-electron chi connectivity index (χ0n) is 11.4. The van der Waals surface area contributed by atoms with Crippen LogP contribution in [-0.4, -0.2) is 6.54 Å². The third kappa shape index (κ3) is 3.66. The van der Waals surface area contributed by atoms with Crippen molar-refractivity contribution >= 4 is 0 Å². The average molecular weight is 268 g/mol. The summed E-state index contributed by atoms with van der Waals surface area (Å²) in [6.07, 6.45) is 0.768. The summed E-state index contributed by atoms with van der Waals surface area (Å²) < 4.78 is 12.8. The van der Waals surface area contributed by atoms with Crippen molar-refractivity contribution < 1.29 is 4.39 Å². The van der Waals surface area contributed by atoms with E-state index in [1.807, 2.05) is 31.2 Å². The average Bonchev–Trinajstić information content (AvgIpc) is 2.47. The summed E-state index contributed by atoms with van der Waals surface area (Å²) in [6.45, 7) is 2.68. The van der Waals surface area contributed by atoms with Gasteiger partial charge < -0.3 is 0 Å². The molecule has 20 heavy (non-hydrogen) atoms. The van der Waals surface area contributed by atoms with Crippen molar-refractivity contribution in [2.24, 2.45) is 0 Å². The molecule has 0 heterocycles. The lowest BCUT2D eigenvalue weighted by Crippen LogP contribution is -2.23. The Hall–Kier alpha value is -2.18. The van der Waals surface area contributed by atoms with E-state index in [0.717, 1.165) is 23.1 Å². The van der Waals surface area contributed by atoms with E-state index in [0.29, 0.717) is 6.54 Å². The summed E-state index contributed by atoms with van der Waals surface area (Å²) >= 11 is 0. The number of hydrogen-bond acceptors (Lipinski definition) is 2. The highest BCUT2D eigenvalue weighted by molar-refractivity contribution is 5.32. The van der Waals surface area contributed by atoms with Gasteiger partial charge in [-0.15, -0.1) is 0 Å². The first-order valence-electron chi connectivity index (χ1n) is 6.63. The van der Waals surface area contributed by atoms with Crippen LogP contribution in [0.2, 0.25) is 0 Å². The topological polar surface area (TPSA) is 35.8 Å². The van der Waals surface area contributed by atoms with E-state index in [9.17, 15) is 9.65 Å². The number of halogens is 1. The number of rotatable bonds is 5. The maximum absolute atomic E-state index is 12.8. The second-order valence-electron chi connectivity index (χ2n) is 4.75. The number of nitriles is 1. The maximum atomic E-state index is 12.8. The Balaban J connectivity index is 1.94. The molecule has 0 aromatic heterocycles. The molecule has 0 radical (unpaired) electrons. The molecule has 0 amide bonds. The van der Waals surface area contributed by atoms with Gasteiger partial charge in [0.05, 0.1) is 6.07 Å². The molecule has 2 nitrogen and oxygen atoms in total. The molecule has 1 atom stereocenters. The molecule has 0 saturated heterocycles. The van der Waals surface area contributed by atoms with Crippen LogP contribution in [0.15, 0.2) is 48.5 Å². The van der Waals surface area contributed by atoms with Gasteiger partial charge in [-0.2, -0.15) is 5.26 Å². The smallest absolute Gasteiger partial charge is 0.123 e. The Labute approximate surface area is 118 Å². The molecule has 2 rings (SSSR count). The van der Waals surface area contributed by atoms with Crippen molar-refractivity contribution in [2.45, 2.75) is 19.4 Å². The second-order valence-corrected chi connectivity index (χ2v) is 4.75. The highest BCUT2D eigenvalue weighted by atomic mass is 19.1. The fourth-order valence-electron chi connectivity index (χ4n) is 2.15. The lowest BCUT2D eigenvalue weighted by atomic mass is 10.0. The Kier molecular flexibility index (Phi) is 4.86. The molecule has 3 heteroatoms. The van der Waals surface area contributed by atoms with Gasteiger partial charge in [0.1, 0.15) is 11.9 Å². The molecule has 0 aliphatic carbocycles. The van der Waals surface area contributed by atoms with Crippen molar-refractivity contribution in [2.75, 3.05) is 6.54 Å². The molecule has 0 aliphatic rings. The van der Waals surface area contributed by atoms with E-state index in [1.54, 1.807) is 12.1 Å². The highest BCUT2D eigenvalue weighted by Crippen LogP contribution is 2.16. The van der Waals surface area contributed by atoms with Crippen LogP contribution in [-0.2, 0) is 6.42 Å². The van der Waals surface area contributed by atoms with E-state index in [-0.39, 0.29) is 11.9 Å². The molecule has 2 aromatic carbocycles. The van der Waals surface area contributed by atoms with Crippen molar-refractivity contribution in [3.63, 3.8) is 0 Å². The number of nitrogens with zero attached hydrogens (tertiary/aromatic N) is 1. The third-order valence-corrected chi connectivity index (χ3v) is 3.30. The summed E-state index contributed by atoms with van der Waals surface area (Å²) in [6, 6.07) is 16.3. The zero-order valence-corrected chi connectivity index (χ0v) is 11.4. The normalized spacial score (nSPS) is 11.8. The van der Waals surface area contributed by atoms with Crippen LogP contribution >= 0.6 is 0 Å². The minimum Gasteiger partial charge on any atom is -0.298 e. The van der Waals surface area contributed by atoms with E-state index >= 15 is 0 Å². The molecule has 0 aliphatic heterocycles. The summed E-state index contributed by atoms with van der Waals surface area (Å²) in [5.74, 6) is -0.225. The van der Waals surface area contributed by atoms with Gasteiger partial charge in [0.15, 0.2) is 0 Å². The van der Waals surface area contributed by atoms with Gasteiger partial charge >= 0.3 is 0 Å². The van der Waals surface area contributed by atoms with Crippen molar-refractivity contribution in [1.29, 1.82) is 5.26 Å². The Morgan fingerprint density at radius 1 is 1.15 bits per heavy atom. The molecule has 102 valence electrons. The molecule has 1 unspecified atom stereocenters. The quantitative estimate of drug-likeness (QED) is 0.900. The number of aryl methyl sites for hydroxylation is 1. The number of hydrogen-bond donors (Lipinski definition) is 1. The highest BCUT2D eigenvalue weighted by Gasteiger charge is 2.11. The van der Waals surface area contributed by atoms with Crippen LogP contribution in [0, 0.1) is 24.1 Å². The molecule has 1 N–H and O–H groups in total. The van der Waals surface area contributed by atoms with Gasteiger partial charge in [-0.05, 0) is 42.2 Å². The van der Waals surface area contributed by atoms with Gasteiger partial charge in [-0.25, -0.2) is 4.39 Å². The predicted molar refractivity (Wildman–Crippen MR) is 77.6 cm³/mol. The fraction of sp³-hybridized carbons (Fsp3) is 0.235. The van der Waals surface area contributed by atoms with Gasteiger partial charge in [-0.1, -0.05) is 36.4 Å². The Bertz CT molecular complexity index is 599. The van der Waals surface area contributed by atoms with Gasteiger partial charge in [0.2, 0.25) is 0 Å². The standard InChI is InChI=1S/C17H17FN2/c1-13-4-2-3-5-16(13)17(12-19)20-11-10-14-6-8-15(18)9-7-14/h2-9,17,20H,10-11H2,1H3. The fourth-order valence-corrected chi connectivity index (χ4v) is 2.15. The second kappa shape index (κ2) is 6.83. The summed E-state index contributed by atoms with van der Waals surface area (Å²) in [5.41, 5.74) is 3.17. The summed E-state index contributed by atoms with van der Waals surface area (Å²) in [4.78, 5) is 0. The molecule has 0 bridgehead atoms. The summed E-state index contributed by atoms with van der Waals surface area (Å²) in [5, 5.41) is 12.5. The molecule has 2 aromatic rings. The molecule has 0 saturated carbocycles. The van der Waals surface area contributed by atoms with Gasteiger partial charge in [0.25, 0.3) is 0 Å². The summed E-state index contributed by atoms with van der Waals surface area (Å²) in [7, 11) is 0. The lowest BCUT2D eigenvalue weighted by Gasteiger charge is -2.14. The lowest BCUT2D eigenvalue weighted by molar-refractivity contribution is 0.619. The molecular formula is C17H17FN2. The molecular weight excluding hydrogens is 251 g/mol. The van der Waals surface area contributed by atoms with Crippen LogP contribution in [0.4, 0.5) is 4.39 Å². The van der Waals surface area contributed by atoms with E-state index < -0.39 is 0 Å². The SMILES string of the molecule is Cc1ccccc1C(C#N)NCCc1ccc(F)cc1. The first-order chi connectivity index (χ1) is 9.70. The minimum atomic E-state index is -0.309. The van der Waals surface area contributed by atoms with Crippen molar-refractivity contribution in [3.8, 4) is 6.07 Å². The van der Waals surface area contributed by atoms with Crippen LogP contribution < -0.4 is 5.32 Å². The molecule has 0 fully saturated rings. The minimum absolute atomic E-state index is 0.225. The zero-order chi connectivity index (χ0) is 14.4. The van der Waals surface area contributed by atoms with Gasteiger partial charge in [-0.3, -0.25) is 5.32 Å². The van der Waals surface area contributed by atoms with Crippen LogP contribution in [0.1, 0.15) is 22.7 Å². The van der Waals surface area contributed by atoms with E-state index in [4.69, 9.17) is 0 Å². The Morgan fingerprint density at radius 3 is 2.50 bits per heavy atom. The van der Waals surface area contributed by atoms with Crippen LogP contribution in [0.5, 0.6) is 0 Å². The molecule has 0 spiro atoms. The maximum Gasteiger partial charge on any atom is 0.123 e. The largest absolute Gasteiger partial charge is 0.298 e. The first kappa shape index (κ1) is 14.2. The van der Waals surface area contributed by atoms with Crippen molar-refractivity contribution in [3.05, 3.63) is 71.0 Å². The Morgan fingerprint density at radius 2 is 1.85 bits per heavy atom.